The van der Waals surface area contributed by atoms with Crippen molar-refractivity contribution in [2.24, 2.45) is 0 Å². The molecule has 0 aliphatic carbocycles. The number of hydrogen-bond acceptors (Lipinski definition) is 4. The molecule has 0 spiro atoms. The molecule has 6 heteroatoms. The summed E-state index contributed by atoms with van der Waals surface area (Å²) in [5, 5.41) is 12.4. The molecule has 0 bridgehead atoms. The molecule has 0 saturated heterocycles. The molecule has 0 heterocycles. The highest BCUT2D eigenvalue weighted by molar-refractivity contribution is 9.10. The molecule has 0 unspecified atom stereocenters. The van der Waals surface area contributed by atoms with Crippen LogP contribution in [0.4, 0.5) is 0 Å². The zero-order chi connectivity index (χ0) is 22.9. The van der Waals surface area contributed by atoms with Crippen molar-refractivity contribution < 1.29 is 14.3 Å². The van der Waals surface area contributed by atoms with E-state index >= 15 is 0 Å². The first-order valence-corrected chi connectivity index (χ1v) is 10.8. The van der Waals surface area contributed by atoms with Crippen molar-refractivity contribution in [3.63, 3.8) is 0 Å². The van der Waals surface area contributed by atoms with Crippen LogP contribution in [-0.4, -0.2) is 13.0 Å². The predicted molar refractivity (Wildman–Crippen MR) is 128 cm³/mol. The first-order valence-electron chi connectivity index (χ1n) is 10.0. The fourth-order valence-electron chi connectivity index (χ4n) is 3.05. The second kappa shape index (κ2) is 11.2. The normalized spacial score (nSPS) is 11.9. The van der Waals surface area contributed by atoms with E-state index in [4.69, 9.17) is 9.47 Å². The van der Waals surface area contributed by atoms with Crippen molar-refractivity contribution in [2.75, 3.05) is 7.11 Å². The lowest BCUT2D eigenvalue weighted by Crippen LogP contribution is -2.27. The van der Waals surface area contributed by atoms with E-state index < -0.39 is 5.91 Å². The van der Waals surface area contributed by atoms with Crippen LogP contribution in [0, 0.1) is 11.3 Å². The molecule has 3 aromatic rings. The maximum absolute atomic E-state index is 12.6. The Morgan fingerprint density at radius 2 is 1.81 bits per heavy atom. The molecule has 0 saturated carbocycles. The minimum absolute atomic E-state index is 0.0124. The summed E-state index contributed by atoms with van der Waals surface area (Å²) in [6, 6.07) is 24.5. The third-order valence-corrected chi connectivity index (χ3v) is 5.35. The zero-order valence-electron chi connectivity index (χ0n) is 17.8. The number of nitriles is 1. The highest BCUT2D eigenvalue weighted by Gasteiger charge is 2.14. The summed E-state index contributed by atoms with van der Waals surface area (Å²) < 4.78 is 12.3. The van der Waals surface area contributed by atoms with Gasteiger partial charge in [0, 0.05) is 4.47 Å². The number of carbonyl (C=O) groups excluding carboxylic acids is 1. The molecule has 3 aromatic carbocycles. The van der Waals surface area contributed by atoms with E-state index in [9.17, 15) is 10.1 Å². The molecule has 1 amide bonds. The second-order valence-corrected chi connectivity index (χ2v) is 8.02. The Labute approximate surface area is 196 Å². The maximum Gasteiger partial charge on any atom is 0.262 e. The summed E-state index contributed by atoms with van der Waals surface area (Å²) in [7, 11) is 1.55. The molecule has 32 heavy (non-hydrogen) atoms. The molecule has 0 aliphatic heterocycles. The number of halogens is 1. The Kier molecular flexibility index (Phi) is 8.07. The van der Waals surface area contributed by atoms with Gasteiger partial charge < -0.3 is 14.8 Å². The molecule has 0 aromatic heterocycles. The SMILES string of the molecule is COc1cc(/C=C(\C#N)C(=O)N[C@@H](C)c2ccccc2)ccc1OCc1ccc(Br)cc1. The smallest absolute Gasteiger partial charge is 0.262 e. The topological polar surface area (TPSA) is 71.3 Å². The van der Waals surface area contributed by atoms with Gasteiger partial charge in [0.1, 0.15) is 18.2 Å². The van der Waals surface area contributed by atoms with Gasteiger partial charge in [-0.15, -0.1) is 0 Å². The van der Waals surface area contributed by atoms with Gasteiger partial charge in [0.2, 0.25) is 0 Å². The first kappa shape index (κ1) is 23.1. The van der Waals surface area contributed by atoms with E-state index in [1.807, 2.05) is 67.6 Å². The minimum atomic E-state index is -0.432. The third-order valence-electron chi connectivity index (χ3n) is 4.82. The average Bonchev–Trinajstić information content (AvgIpc) is 2.82. The molecule has 1 atom stereocenters. The van der Waals surface area contributed by atoms with Gasteiger partial charge >= 0.3 is 0 Å². The van der Waals surface area contributed by atoms with Crippen LogP contribution in [0.15, 0.2) is 82.8 Å². The molecule has 0 aliphatic rings. The number of amides is 1. The summed E-state index contributed by atoms with van der Waals surface area (Å²) in [6.07, 6.45) is 1.54. The van der Waals surface area contributed by atoms with Crippen molar-refractivity contribution in [1.29, 1.82) is 5.26 Å². The molecule has 3 rings (SSSR count). The summed E-state index contributed by atoms with van der Waals surface area (Å²) in [6.45, 7) is 2.27. The molecule has 162 valence electrons. The minimum Gasteiger partial charge on any atom is -0.493 e. The van der Waals surface area contributed by atoms with E-state index in [1.165, 1.54) is 6.08 Å². The van der Waals surface area contributed by atoms with Crippen LogP contribution in [0.1, 0.15) is 29.7 Å². The molecule has 5 nitrogen and oxygen atoms in total. The Balaban J connectivity index is 1.72. The van der Waals surface area contributed by atoms with Crippen molar-refractivity contribution in [3.8, 4) is 17.6 Å². The van der Waals surface area contributed by atoms with Gasteiger partial charge in [-0.05, 0) is 54.0 Å². The number of carbonyl (C=O) groups is 1. The Bertz CT molecular complexity index is 1140. The molecular formula is C26H23BrN2O3. The van der Waals surface area contributed by atoms with Crippen LogP contribution in [-0.2, 0) is 11.4 Å². The number of ether oxygens (including phenoxy) is 2. The summed E-state index contributed by atoms with van der Waals surface area (Å²) >= 11 is 3.41. The number of benzene rings is 3. The second-order valence-electron chi connectivity index (χ2n) is 7.10. The summed E-state index contributed by atoms with van der Waals surface area (Å²) in [4.78, 5) is 12.6. The molecule has 0 radical (unpaired) electrons. The van der Waals surface area contributed by atoms with E-state index in [0.29, 0.717) is 23.7 Å². The fraction of sp³-hybridized carbons (Fsp3) is 0.154. The Morgan fingerprint density at radius 3 is 2.47 bits per heavy atom. The third kappa shape index (κ3) is 6.22. The maximum atomic E-state index is 12.6. The van der Waals surface area contributed by atoms with Crippen molar-refractivity contribution in [1.82, 2.24) is 5.32 Å². The number of nitrogens with zero attached hydrogens (tertiary/aromatic N) is 1. The zero-order valence-corrected chi connectivity index (χ0v) is 19.4. The van der Waals surface area contributed by atoms with Gasteiger partial charge in [0.15, 0.2) is 11.5 Å². The standard InChI is InChI=1S/C26H23BrN2O3/c1-18(21-6-4-3-5-7-21)29-26(30)22(16-28)14-20-10-13-24(25(15-20)31-2)32-17-19-8-11-23(27)12-9-19/h3-15,18H,17H2,1-2H3,(H,29,30)/b22-14+/t18-/m0/s1. The van der Waals surface area contributed by atoms with Crippen LogP contribution in [0.3, 0.4) is 0 Å². The van der Waals surface area contributed by atoms with Crippen molar-refractivity contribution >= 4 is 27.9 Å². The van der Waals surface area contributed by atoms with E-state index in [-0.39, 0.29) is 11.6 Å². The quantitative estimate of drug-likeness (QED) is 0.318. The van der Waals surface area contributed by atoms with Crippen LogP contribution < -0.4 is 14.8 Å². The average molecular weight is 491 g/mol. The van der Waals surface area contributed by atoms with Crippen LogP contribution in [0.2, 0.25) is 0 Å². The lowest BCUT2D eigenvalue weighted by molar-refractivity contribution is -0.117. The first-order chi connectivity index (χ1) is 15.5. The summed E-state index contributed by atoms with van der Waals surface area (Å²) in [5.74, 6) is 0.665. The van der Waals surface area contributed by atoms with Gasteiger partial charge in [-0.1, -0.05) is 64.5 Å². The Morgan fingerprint density at radius 1 is 1.09 bits per heavy atom. The van der Waals surface area contributed by atoms with Gasteiger partial charge in [-0.2, -0.15) is 5.26 Å². The van der Waals surface area contributed by atoms with Crippen LogP contribution in [0.5, 0.6) is 11.5 Å². The summed E-state index contributed by atoms with van der Waals surface area (Å²) in [5.41, 5.74) is 2.66. The predicted octanol–water partition coefficient (Wildman–Crippen LogP) is 5.82. The van der Waals surface area contributed by atoms with E-state index in [2.05, 4.69) is 21.2 Å². The van der Waals surface area contributed by atoms with Gasteiger partial charge in [-0.3, -0.25) is 4.79 Å². The monoisotopic (exact) mass is 490 g/mol. The lowest BCUT2D eigenvalue weighted by Gasteiger charge is -2.14. The Hall–Kier alpha value is -3.56. The number of methoxy groups -OCH3 is 1. The van der Waals surface area contributed by atoms with Crippen LogP contribution in [0.25, 0.3) is 6.08 Å². The highest BCUT2D eigenvalue weighted by Crippen LogP contribution is 2.30. The molecule has 1 N–H and O–H groups in total. The lowest BCUT2D eigenvalue weighted by atomic mass is 10.1. The van der Waals surface area contributed by atoms with E-state index in [1.54, 1.807) is 25.3 Å². The van der Waals surface area contributed by atoms with Gasteiger partial charge in [0.05, 0.1) is 13.2 Å². The number of hydrogen-bond donors (Lipinski definition) is 1. The van der Waals surface area contributed by atoms with Crippen molar-refractivity contribution in [3.05, 3.63) is 99.5 Å². The van der Waals surface area contributed by atoms with Gasteiger partial charge in [0.25, 0.3) is 5.91 Å². The number of nitrogens with one attached hydrogen (secondary N) is 1. The van der Waals surface area contributed by atoms with Gasteiger partial charge in [-0.25, -0.2) is 0 Å². The fourth-order valence-corrected chi connectivity index (χ4v) is 3.31. The largest absolute Gasteiger partial charge is 0.493 e. The van der Waals surface area contributed by atoms with Crippen LogP contribution >= 0.6 is 15.9 Å². The van der Waals surface area contributed by atoms with Crippen molar-refractivity contribution in [2.45, 2.75) is 19.6 Å². The van der Waals surface area contributed by atoms with E-state index in [0.717, 1.165) is 15.6 Å². The molecule has 0 fully saturated rings. The highest BCUT2D eigenvalue weighted by atomic mass is 79.9. The number of rotatable bonds is 8. The molecular weight excluding hydrogens is 468 g/mol.